The van der Waals surface area contributed by atoms with Gasteiger partial charge in [-0.05, 0) is 48.4 Å². The Bertz CT molecular complexity index is 1180. The zero-order valence-corrected chi connectivity index (χ0v) is 19.3. The smallest absolute Gasteiger partial charge is 0.410 e. The molecule has 1 aliphatic rings. The third kappa shape index (κ3) is 6.53. The van der Waals surface area contributed by atoms with Crippen LogP contribution < -0.4 is 19.7 Å². The molecule has 0 radical (unpaired) electrons. The molecule has 1 saturated heterocycles. The highest BCUT2D eigenvalue weighted by Crippen LogP contribution is 2.17. The molecule has 0 atom stereocenters. The van der Waals surface area contributed by atoms with Crippen molar-refractivity contribution in [2.75, 3.05) is 43.1 Å². The Morgan fingerprint density at radius 3 is 2.41 bits per heavy atom. The molecule has 0 saturated carbocycles. The summed E-state index contributed by atoms with van der Waals surface area (Å²) >= 11 is 0. The molecule has 34 heavy (non-hydrogen) atoms. The minimum absolute atomic E-state index is 0.123. The summed E-state index contributed by atoms with van der Waals surface area (Å²) in [6, 6.07) is 19.2. The number of nitrogens with zero attached hydrogens (tertiary/aromatic N) is 2. The average Bonchev–Trinajstić information content (AvgIpc) is 2.86. The molecule has 178 valence electrons. The number of benzene rings is 2. The van der Waals surface area contributed by atoms with Crippen molar-refractivity contribution in [3.63, 3.8) is 0 Å². The van der Waals surface area contributed by atoms with Gasteiger partial charge in [0.15, 0.2) is 0 Å². The number of carbonyl (C=O) groups is 1. The summed E-state index contributed by atoms with van der Waals surface area (Å²) in [5.41, 5.74) is 1.54. The molecular weight excluding hydrogens is 456 g/mol. The zero-order chi connectivity index (χ0) is 23.8. The van der Waals surface area contributed by atoms with Crippen LogP contribution in [-0.4, -0.2) is 52.3 Å². The Morgan fingerprint density at radius 1 is 1.00 bits per heavy atom. The van der Waals surface area contributed by atoms with E-state index < -0.39 is 16.1 Å². The lowest BCUT2D eigenvalue weighted by molar-refractivity contribution is 0.122. The lowest BCUT2D eigenvalue weighted by atomic mass is 10.1. The highest BCUT2D eigenvalue weighted by atomic mass is 32.2. The number of ether oxygens (including phenoxy) is 2. The SMILES string of the molecule is O=C(Nc1ccccc1)Oc1ccc(CCNS(=O)(=O)c2ccc(N3CCOCC3)nc2)cc1. The van der Waals surface area contributed by atoms with Gasteiger partial charge in [-0.25, -0.2) is 22.9 Å². The first-order valence-electron chi connectivity index (χ1n) is 10.9. The van der Waals surface area contributed by atoms with Crippen LogP contribution in [0.25, 0.3) is 0 Å². The Labute approximate surface area is 198 Å². The van der Waals surface area contributed by atoms with Crippen molar-refractivity contribution in [3.8, 4) is 5.75 Å². The van der Waals surface area contributed by atoms with Gasteiger partial charge >= 0.3 is 6.09 Å². The van der Waals surface area contributed by atoms with E-state index in [1.807, 2.05) is 18.2 Å². The fourth-order valence-corrected chi connectivity index (χ4v) is 4.40. The molecule has 1 fully saturated rings. The number of para-hydroxylation sites is 1. The van der Waals surface area contributed by atoms with Gasteiger partial charge in [-0.15, -0.1) is 0 Å². The van der Waals surface area contributed by atoms with Crippen LogP contribution >= 0.6 is 0 Å². The van der Waals surface area contributed by atoms with E-state index in [2.05, 4.69) is 19.9 Å². The highest BCUT2D eigenvalue weighted by molar-refractivity contribution is 7.89. The van der Waals surface area contributed by atoms with E-state index in [1.165, 1.54) is 6.20 Å². The quantitative estimate of drug-likeness (QED) is 0.508. The number of sulfonamides is 1. The lowest BCUT2D eigenvalue weighted by Gasteiger charge is -2.27. The van der Waals surface area contributed by atoms with Gasteiger partial charge in [0.25, 0.3) is 0 Å². The second-order valence-corrected chi connectivity index (χ2v) is 9.39. The number of pyridine rings is 1. The van der Waals surface area contributed by atoms with E-state index in [-0.39, 0.29) is 11.4 Å². The summed E-state index contributed by atoms with van der Waals surface area (Å²) in [6.45, 7) is 2.97. The number of aromatic nitrogens is 1. The van der Waals surface area contributed by atoms with Crippen molar-refractivity contribution in [3.05, 3.63) is 78.5 Å². The molecule has 9 nitrogen and oxygen atoms in total. The molecule has 3 aromatic rings. The molecule has 2 aromatic carbocycles. The molecule has 0 bridgehead atoms. The molecule has 2 heterocycles. The normalized spacial score (nSPS) is 13.9. The van der Waals surface area contributed by atoms with Crippen molar-refractivity contribution in [2.45, 2.75) is 11.3 Å². The number of amides is 1. The molecule has 2 N–H and O–H groups in total. The third-order valence-corrected chi connectivity index (χ3v) is 6.67. The fourth-order valence-electron chi connectivity index (χ4n) is 3.42. The highest BCUT2D eigenvalue weighted by Gasteiger charge is 2.17. The first kappa shape index (κ1) is 23.7. The summed E-state index contributed by atoms with van der Waals surface area (Å²) in [4.78, 5) is 18.5. The minimum Gasteiger partial charge on any atom is -0.410 e. The topological polar surface area (TPSA) is 110 Å². The number of hydrogen-bond acceptors (Lipinski definition) is 7. The van der Waals surface area contributed by atoms with Crippen molar-refractivity contribution in [1.29, 1.82) is 0 Å². The largest absolute Gasteiger partial charge is 0.417 e. The summed E-state index contributed by atoms with van der Waals surface area (Å²) < 4.78 is 38.4. The second kappa shape index (κ2) is 11.1. The Kier molecular flexibility index (Phi) is 7.73. The maximum atomic E-state index is 12.6. The molecule has 1 aromatic heterocycles. The molecule has 1 amide bonds. The predicted octanol–water partition coefficient (Wildman–Crippen LogP) is 3.05. The monoisotopic (exact) mass is 482 g/mol. The fraction of sp³-hybridized carbons (Fsp3) is 0.250. The molecule has 4 rings (SSSR count). The van der Waals surface area contributed by atoms with E-state index in [1.54, 1.807) is 48.5 Å². The number of carbonyl (C=O) groups excluding carboxylic acids is 1. The van der Waals surface area contributed by atoms with Gasteiger partial charge in [0.1, 0.15) is 16.5 Å². The van der Waals surface area contributed by atoms with Crippen molar-refractivity contribution >= 4 is 27.6 Å². The summed E-state index contributed by atoms with van der Waals surface area (Å²) in [5.74, 6) is 1.13. The van der Waals surface area contributed by atoms with Crippen LogP contribution in [0.15, 0.2) is 77.8 Å². The zero-order valence-electron chi connectivity index (χ0n) is 18.5. The molecule has 0 unspecified atom stereocenters. The van der Waals surface area contributed by atoms with E-state index in [4.69, 9.17) is 9.47 Å². The number of nitrogens with one attached hydrogen (secondary N) is 2. The van der Waals surface area contributed by atoms with Gasteiger partial charge in [0.2, 0.25) is 10.0 Å². The molecular formula is C24H26N4O5S. The van der Waals surface area contributed by atoms with Gasteiger partial charge in [0, 0.05) is 31.5 Å². The predicted molar refractivity (Wildman–Crippen MR) is 129 cm³/mol. The maximum absolute atomic E-state index is 12.6. The third-order valence-electron chi connectivity index (χ3n) is 5.23. The molecule has 0 aliphatic carbocycles. The first-order chi connectivity index (χ1) is 16.5. The van der Waals surface area contributed by atoms with Crippen LogP contribution in [0.1, 0.15) is 5.56 Å². The number of hydrogen-bond donors (Lipinski definition) is 2. The van der Waals surface area contributed by atoms with Crippen LogP contribution in [-0.2, 0) is 21.2 Å². The Morgan fingerprint density at radius 2 is 1.74 bits per heavy atom. The van der Waals surface area contributed by atoms with E-state index in [9.17, 15) is 13.2 Å². The van der Waals surface area contributed by atoms with E-state index >= 15 is 0 Å². The van der Waals surface area contributed by atoms with Gasteiger partial charge in [-0.2, -0.15) is 0 Å². The van der Waals surface area contributed by atoms with Gasteiger partial charge < -0.3 is 14.4 Å². The maximum Gasteiger partial charge on any atom is 0.417 e. The van der Waals surface area contributed by atoms with Crippen molar-refractivity contribution in [2.24, 2.45) is 0 Å². The van der Waals surface area contributed by atoms with Gasteiger partial charge in [0.05, 0.1) is 13.2 Å². The number of rotatable bonds is 8. The molecule has 1 aliphatic heterocycles. The number of anilines is 2. The van der Waals surface area contributed by atoms with Crippen molar-refractivity contribution < 1.29 is 22.7 Å². The molecule has 0 spiro atoms. The van der Waals surface area contributed by atoms with Gasteiger partial charge in [-0.3, -0.25) is 5.32 Å². The van der Waals surface area contributed by atoms with E-state index in [0.29, 0.717) is 31.1 Å². The molecule has 10 heteroatoms. The number of morpholine rings is 1. The van der Waals surface area contributed by atoms with E-state index in [0.717, 1.165) is 24.5 Å². The Hall–Kier alpha value is -3.47. The van der Waals surface area contributed by atoms with Crippen LogP contribution in [0, 0.1) is 0 Å². The lowest BCUT2D eigenvalue weighted by Crippen LogP contribution is -2.36. The minimum atomic E-state index is -3.67. The van der Waals surface area contributed by atoms with Crippen LogP contribution in [0.2, 0.25) is 0 Å². The average molecular weight is 483 g/mol. The van der Waals surface area contributed by atoms with Crippen LogP contribution in [0.4, 0.5) is 16.3 Å². The van der Waals surface area contributed by atoms with Crippen LogP contribution in [0.3, 0.4) is 0 Å². The summed E-state index contributed by atoms with van der Waals surface area (Å²) in [5, 5.41) is 2.64. The Balaban J connectivity index is 1.25. The second-order valence-electron chi connectivity index (χ2n) is 7.62. The van der Waals surface area contributed by atoms with Gasteiger partial charge in [-0.1, -0.05) is 30.3 Å². The summed E-state index contributed by atoms with van der Waals surface area (Å²) in [6.07, 6.45) is 1.27. The first-order valence-corrected chi connectivity index (χ1v) is 12.4. The van der Waals surface area contributed by atoms with Crippen LogP contribution in [0.5, 0.6) is 5.75 Å². The standard InChI is InChI=1S/C24H26N4O5S/c29-24(27-20-4-2-1-3-5-20)33-21-8-6-19(7-9-21)12-13-26-34(30,31)22-10-11-23(25-18-22)28-14-16-32-17-15-28/h1-11,18,26H,12-17H2,(H,27,29). The van der Waals surface area contributed by atoms with Crippen molar-refractivity contribution in [1.82, 2.24) is 9.71 Å². The summed E-state index contributed by atoms with van der Waals surface area (Å²) in [7, 11) is -3.67.